The van der Waals surface area contributed by atoms with Crippen LogP contribution in [-0.4, -0.2) is 18.5 Å². The third-order valence-corrected chi connectivity index (χ3v) is 2.64. The molecule has 0 aliphatic rings. The molecule has 0 fully saturated rings. The third-order valence-electron chi connectivity index (χ3n) is 2.64. The van der Waals surface area contributed by atoms with E-state index in [2.05, 4.69) is 77.0 Å². The highest BCUT2D eigenvalue weighted by molar-refractivity contribution is 5.63. The molecular weight excluding hydrogens is 206 g/mol. The zero-order chi connectivity index (χ0) is 13.1. The van der Waals surface area contributed by atoms with E-state index in [0.717, 1.165) is 6.54 Å². The van der Waals surface area contributed by atoms with Crippen molar-refractivity contribution in [2.45, 2.75) is 34.6 Å². The number of aryl methyl sites for hydroxylation is 1. The van der Waals surface area contributed by atoms with Gasteiger partial charge in [0.1, 0.15) is 0 Å². The summed E-state index contributed by atoms with van der Waals surface area (Å²) >= 11 is 0. The predicted molar refractivity (Wildman–Crippen MR) is 76.9 cm³/mol. The summed E-state index contributed by atoms with van der Waals surface area (Å²) in [6.45, 7) is 12.1. The van der Waals surface area contributed by atoms with Crippen LogP contribution < -0.4 is 0 Å². The van der Waals surface area contributed by atoms with E-state index in [-0.39, 0.29) is 0 Å². The van der Waals surface area contributed by atoms with E-state index in [4.69, 9.17) is 0 Å². The van der Waals surface area contributed by atoms with Crippen molar-refractivity contribution >= 4 is 5.57 Å². The summed E-state index contributed by atoms with van der Waals surface area (Å²) in [5.74, 6) is 0. The summed E-state index contributed by atoms with van der Waals surface area (Å²) < 4.78 is 0. The van der Waals surface area contributed by atoms with E-state index >= 15 is 0 Å². The van der Waals surface area contributed by atoms with Crippen molar-refractivity contribution < 1.29 is 0 Å². The lowest BCUT2D eigenvalue weighted by Gasteiger charge is -2.26. The Morgan fingerprint density at radius 3 is 2.18 bits per heavy atom. The number of nitrogens with zero attached hydrogens (tertiary/aromatic N) is 1. The van der Waals surface area contributed by atoms with Crippen molar-refractivity contribution in [2.24, 2.45) is 5.41 Å². The van der Waals surface area contributed by atoms with Crippen molar-refractivity contribution in [1.29, 1.82) is 0 Å². The number of hydrogen-bond donors (Lipinski definition) is 0. The highest BCUT2D eigenvalue weighted by atomic mass is 15.1. The molecule has 0 saturated heterocycles. The molecule has 0 atom stereocenters. The van der Waals surface area contributed by atoms with Crippen LogP contribution in [0.3, 0.4) is 0 Å². The minimum atomic E-state index is 0.332. The van der Waals surface area contributed by atoms with E-state index in [9.17, 15) is 0 Å². The predicted octanol–water partition coefficient (Wildman–Crippen LogP) is 4.33. The fourth-order valence-corrected chi connectivity index (χ4v) is 2.02. The van der Waals surface area contributed by atoms with Crippen LogP contribution in [0.5, 0.6) is 0 Å². The SMILES string of the molecule is C/C(=C\N(C)CC(C)(C)C)c1ccc(C)cc1. The highest BCUT2D eigenvalue weighted by Crippen LogP contribution is 2.18. The normalized spacial score (nSPS) is 12.7. The first-order valence-corrected chi connectivity index (χ1v) is 6.24. The van der Waals surface area contributed by atoms with Crippen LogP contribution in [0.4, 0.5) is 0 Å². The molecule has 0 spiro atoms. The summed E-state index contributed by atoms with van der Waals surface area (Å²) in [6, 6.07) is 8.70. The maximum atomic E-state index is 2.27. The van der Waals surface area contributed by atoms with E-state index < -0.39 is 0 Å². The van der Waals surface area contributed by atoms with Gasteiger partial charge in [-0.05, 0) is 30.4 Å². The average molecular weight is 231 g/mol. The molecule has 1 aromatic carbocycles. The maximum Gasteiger partial charge on any atom is 0.0217 e. The molecular formula is C16H25N. The largest absolute Gasteiger partial charge is 0.380 e. The zero-order valence-electron chi connectivity index (χ0n) is 12.0. The van der Waals surface area contributed by atoms with E-state index in [1.54, 1.807) is 0 Å². The van der Waals surface area contributed by atoms with Crippen molar-refractivity contribution in [2.75, 3.05) is 13.6 Å². The standard InChI is InChI=1S/C16H25N/c1-13-7-9-15(10-8-13)14(2)11-17(6)12-16(3,4)5/h7-11H,12H2,1-6H3/b14-11+. The lowest BCUT2D eigenvalue weighted by Crippen LogP contribution is -2.25. The van der Waals surface area contributed by atoms with Crippen LogP contribution in [0.1, 0.15) is 38.8 Å². The number of allylic oxidation sites excluding steroid dienone is 1. The molecule has 0 amide bonds. The highest BCUT2D eigenvalue weighted by Gasteiger charge is 2.11. The Labute approximate surface area is 106 Å². The third kappa shape index (κ3) is 5.08. The summed E-state index contributed by atoms with van der Waals surface area (Å²) in [4.78, 5) is 2.27. The van der Waals surface area contributed by atoms with Gasteiger partial charge in [-0.1, -0.05) is 50.6 Å². The molecule has 0 N–H and O–H groups in total. The Kier molecular flexibility index (Phi) is 4.39. The van der Waals surface area contributed by atoms with Gasteiger partial charge in [-0.25, -0.2) is 0 Å². The number of rotatable bonds is 3. The molecule has 0 aliphatic heterocycles. The quantitative estimate of drug-likeness (QED) is 0.748. The Morgan fingerprint density at radius 2 is 1.71 bits per heavy atom. The van der Waals surface area contributed by atoms with Crippen LogP contribution in [0.2, 0.25) is 0 Å². The fraction of sp³-hybridized carbons (Fsp3) is 0.500. The molecule has 0 saturated carbocycles. The molecule has 1 aromatic rings. The Morgan fingerprint density at radius 1 is 1.18 bits per heavy atom. The summed E-state index contributed by atoms with van der Waals surface area (Å²) in [6.07, 6.45) is 2.23. The van der Waals surface area contributed by atoms with Gasteiger partial charge in [0, 0.05) is 19.8 Å². The number of hydrogen-bond acceptors (Lipinski definition) is 1. The van der Waals surface area contributed by atoms with Crippen LogP contribution in [0.15, 0.2) is 30.5 Å². The molecule has 0 radical (unpaired) electrons. The van der Waals surface area contributed by atoms with E-state index in [1.807, 2.05) is 0 Å². The van der Waals surface area contributed by atoms with Gasteiger partial charge in [-0.3, -0.25) is 0 Å². The molecule has 1 nitrogen and oxygen atoms in total. The van der Waals surface area contributed by atoms with Crippen LogP contribution >= 0.6 is 0 Å². The first-order valence-electron chi connectivity index (χ1n) is 6.24. The number of benzene rings is 1. The molecule has 17 heavy (non-hydrogen) atoms. The second kappa shape index (κ2) is 5.39. The van der Waals surface area contributed by atoms with Gasteiger partial charge >= 0.3 is 0 Å². The topological polar surface area (TPSA) is 3.24 Å². The van der Waals surface area contributed by atoms with Gasteiger partial charge in [0.2, 0.25) is 0 Å². The summed E-state index contributed by atoms with van der Waals surface area (Å²) in [7, 11) is 2.14. The molecule has 1 rings (SSSR count). The lowest BCUT2D eigenvalue weighted by atomic mass is 9.96. The van der Waals surface area contributed by atoms with Crippen LogP contribution in [0.25, 0.3) is 5.57 Å². The Bertz CT molecular complexity index is 379. The van der Waals surface area contributed by atoms with Gasteiger partial charge in [-0.2, -0.15) is 0 Å². The van der Waals surface area contributed by atoms with Gasteiger partial charge < -0.3 is 4.90 Å². The molecule has 0 aliphatic carbocycles. The van der Waals surface area contributed by atoms with Crippen molar-refractivity contribution in [1.82, 2.24) is 4.90 Å². The van der Waals surface area contributed by atoms with Crippen molar-refractivity contribution in [3.05, 3.63) is 41.6 Å². The molecule has 94 valence electrons. The van der Waals surface area contributed by atoms with E-state index in [1.165, 1.54) is 16.7 Å². The van der Waals surface area contributed by atoms with Crippen LogP contribution in [-0.2, 0) is 0 Å². The van der Waals surface area contributed by atoms with Gasteiger partial charge in [0.15, 0.2) is 0 Å². The summed E-state index contributed by atoms with van der Waals surface area (Å²) in [5.41, 5.74) is 4.26. The van der Waals surface area contributed by atoms with Crippen molar-refractivity contribution in [3.63, 3.8) is 0 Å². The smallest absolute Gasteiger partial charge is 0.0217 e. The first-order chi connectivity index (χ1) is 7.78. The zero-order valence-corrected chi connectivity index (χ0v) is 12.0. The van der Waals surface area contributed by atoms with Gasteiger partial charge in [0.05, 0.1) is 0 Å². The Balaban J connectivity index is 2.75. The lowest BCUT2D eigenvalue weighted by molar-refractivity contribution is 0.286. The van der Waals surface area contributed by atoms with Crippen molar-refractivity contribution in [3.8, 4) is 0 Å². The van der Waals surface area contributed by atoms with Gasteiger partial charge in [0.25, 0.3) is 0 Å². The monoisotopic (exact) mass is 231 g/mol. The second-order valence-electron chi connectivity index (χ2n) is 6.15. The average Bonchev–Trinajstić information content (AvgIpc) is 2.15. The molecule has 0 bridgehead atoms. The Hall–Kier alpha value is -1.24. The van der Waals surface area contributed by atoms with E-state index in [0.29, 0.717) is 5.41 Å². The van der Waals surface area contributed by atoms with Gasteiger partial charge in [-0.15, -0.1) is 0 Å². The minimum absolute atomic E-state index is 0.332. The summed E-state index contributed by atoms with van der Waals surface area (Å²) in [5, 5.41) is 0. The molecule has 0 unspecified atom stereocenters. The van der Waals surface area contributed by atoms with Crippen LogP contribution in [0, 0.1) is 12.3 Å². The molecule has 0 heterocycles. The first kappa shape index (κ1) is 13.8. The molecule has 1 heteroatoms. The maximum absolute atomic E-state index is 2.27. The molecule has 0 aromatic heterocycles. The fourth-order valence-electron chi connectivity index (χ4n) is 2.02. The minimum Gasteiger partial charge on any atom is -0.380 e. The second-order valence-corrected chi connectivity index (χ2v) is 6.15.